The first-order valence-corrected chi connectivity index (χ1v) is 9.99. The molecule has 1 aliphatic heterocycles. The average Bonchev–Trinajstić information content (AvgIpc) is 3.34. The molecule has 0 bridgehead atoms. The minimum atomic E-state index is -4.34. The van der Waals surface area contributed by atoms with Crippen molar-refractivity contribution >= 4 is 26.2 Å². The zero-order valence-corrected chi connectivity index (χ0v) is 17.5. The van der Waals surface area contributed by atoms with E-state index in [0.717, 1.165) is 44.8 Å². The molecule has 2 heterocycles. The van der Waals surface area contributed by atoms with Crippen molar-refractivity contribution in [1.29, 1.82) is 0 Å². The van der Waals surface area contributed by atoms with Gasteiger partial charge in [-0.2, -0.15) is 13.2 Å². The van der Waals surface area contributed by atoms with Gasteiger partial charge in [0.1, 0.15) is 4.62 Å². The monoisotopic (exact) mass is 478 g/mol. The summed E-state index contributed by atoms with van der Waals surface area (Å²) in [6.07, 6.45) is -0.238. The molecule has 0 saturated heterocycles. The molecule has 1 atom stereocenters. The highest BCUT2D eigenvalue weighted by atomic mass is 79.9. The van der Waals surface area contributed by atoms with Gasteiger partial charge in [-0.15, -0.1) is 0 Å². The summed E-state index contributed by atoms with van der Waals surface area (Å²) in [6.45, 7) is 0.381. The van der Waals surface area contributed by atoms with Gasteiger partial charge in [0.05, 0.1) is 17.6 Å². The minimum Gasteiger partial charge on any atom is -0.386 e. The van der Waals surface area contributed by atoms with Crippen molar-refractivity contribution in [3.8, 4) is 11.3 Å². The number of imidazole rings is 1. The Balaban J connectivity index is 1.57. The van der Waals surface area contributed by atoms with Crippen LogP contribution < -0.4 is 5.32 Å². The van der Waals surface area contributed by atoms with Gasteiger partial charge in [-0.05, 0) is 51.3 Å². The largest absolute Gasteiger partial charge is 0.416 e. The third-order valence-electron chi connectivity index (χ3n) is 4.79. The van der Waals surface area contributed by atoms with Crippen LogP contribution in [-0.2, 0) is 24.6 Å². The average molecular weight is 479 g/mol. The second kappa shape index (κ2) is 8.14. The molecule has 156 valence electrons. The Bertz CT molecular complexity index is 1080. The molecule has 4 rings (SSSR count). The summed E-state index contributed by atoms with van der Waals surface area (Å²) in [7, 11) is 1.89. The number of aryl methyl sites for hydroxylation is 1. The van der Waals surface area contributed by atoms with Crippen LogP contribution in [0.2, 0.25) is 0 Å². The summed E-state index contributed by atoms with van der Waals surface area (Å²) in [5.74, 6) is 0. The topological polar surface area (TPSA) is 51.4 Å². The van der Waals surface area contributed by atoms with E-state index in [1.807, 2.05) is 36.0 Å². The van der Waals surface area contributed by atoms with Gasteiger partial charge in [-0.1, -0.05) is 23.4 Å². The highest BCUT2D eigenvalue weighted by Crippen LogP contribution is 2.35. The normalized spacial score (nSPS) is 16.3. The molecule has 0 fully saturated rings. The molecule has 0 spiro atoms. The zero-order valence-electron chi connectivity index (χ0n) is 15.9. The third kappa shape index (κ3) is 4.51. The quantitative estimate of drug-likeness (QED) is 0.497. The van der Waals surface area contributed by atoms with E-state index in [1.54, 1.807) is 6.33 Å². The number of hydrogen-bond donors (Lipinski definition) is 1. The van der Waals surface area contributed by atoms with Gasteiger partial charge < -0.3 is 14.7 Å². The number of alkyl halides is 3. The van der Waals surface area contributed by atoms with Crippen LogP contribution in [0.15, 0.2) is 60.1 Å². The number of benzene rings is 2. The van der Waals surface area contributed by atoms with Crippen molar-refractivity contribution in [2.75, 3.05) is 5.32 Å². The lowest BCUT2D eigenvalue weighted by Crippen LogP contribution is -2.06. The Morgan fingerprint density at radius 1 is 1.20 bits per heavy atom. The number of aromatic nitrogens is 2. The van der Waals surface area contributed by atoms with E-state index in [4.69, 9.17) is 4.84 Å². The van der Waals surface area contributed by atoms with Crippen molar-refractivity contribution in [3.63, 3.8) is 0 Å². The number of halogens is 4. The molecule has 5 nitrogen and oxygen atoms in total. The molecule has 30 heavy (non-hydrogen) atoms. The van der Waals surface area contributed by atoms with Gasteiger partial charge >= 0.3 is 6.18 Å². The fourth-order valence-electron chi connectivity index (χ4n) is 3.22. The molecule has 1 aromatic heterocycles. The molecular weight excluding hydrogens is 461 g/mol. The molecule has 1 N–H and O–H groups in total. The van der Waals surface area contributed by atoms with Crippen LogP contribution in [-0.4, -0.2) is 14.2 Å². The predicted octanol–water partition coefficient (Wildman–Crippen LogP) is 5.89. The molecular formula is C21H18BrF3N4O. The van der Waals surface area contributed by atoms with Crippen LogP contribution in [0, 0.1) is 0 Å². The maximum Gasteiger partial charge on any atom is 0.416 e. The van der Waals surface area contributed by atoms with Crippen LogP contribution in [0.4, 0.5) is 18.9 Å². The Morgan fingerprint density at radius 3 is 2.57 bits per heavy atom. The summed E-state index contributed by atoms with van der Waals surface area (Å²) in [4.78, 5) is 9.90. The maximum atomic E-state index is 12.8. The van der Waals surface area contributed by atoms with Gasteiger partial charge in [0, 0.05) is 37.5 Å². The fourth-order valence-corrected chi connectivity index (χ4v) is 3.59. The lowest BCUT2D eigenvalue weighted by molar-refractivity contribution is -0.137. The van der Waals surface area contributed by atoms with Crippen LogP contribution in [0.3, 0.4) is 0 Å². The van der Waals surface area contributed by atoms with Crippen LogP contribution in [0.1, 0.15) is 29.2 Å². The van der Waals surface area contributed by atoms with E-state index in [-0.39, 0.29) is 6.10 Å². The van der Waals surface area contributed by atoms with E-state index >= 15 is 0 Å². The van der Waals surface area contributed by atoms with Crippen molar-refractivity contribution in [2.45, 2.75) is 25.2 Å². The minimum absolute atomic E-state index is 0.175. The SMILES string of the molecule is Cn1cnc(-c2cc([C@@H]3CC(Br)=NO3)ccc2NCc2ccc(C(F)(F)F)cc2)c1. The van der Waals surface area contributed by atoms with E-state index in [2.05, 4.69) is 31.4 Å². The highest BCUT2D eigenvalue weighted by molar-refractivity contribution is 9.18. The van der Waals surface area contributed by atoms with Crippen LogP contribution in [0.5, 0.6) is 0 Å². The number of rotatable bonds is 5. The highest BCUT2D eigenvalue weighted by Gasteiger charge is 2.30. The molecule has 1 aliphatic rings. The van der Waals surface area contributed by atoms with Crippen molar-refractivity contribution in [3.05, 3.63) is 71.7 Å². The van der Waals surface area contributed by atoms with Gasteiger partial charge in [0.25, 0.3) is 0 Å². The summed E-state index contributed by atoms with van der Waals surface area (Å²) in [6, 6.07) is 11.0. The third-order valence-corrected chi connectivity index (χ3v) is 5.26. The molecule has 0 radical (unpaired) electrons. The number of oxime groups is 1. The molecule has 9 heteroatoms. The Labute approximate surface area is 179 Å². The standard InChI is InChI=1S/C21H18BrF3N4O/c1-29-11-18(27-12-29)16-8-14(19-9-20(22)28-30-19)4-7-17(16)26-10-13-2-5-15(6-3-13)21(23,24)25/h2-8,11-12,19,26H,9-10H2,1H3/t19-/m0/s1. The van der Waals surface area contributed by atoms with E-state index in [1.165, 1.54) is 12.1 Å². The summed E-state index contributed by atoms with van der Waals surface area (Å²) in [5, 5.41) is 7.25. The predicted molar refractivity (Wildman–Crippen MR) is 112 cm³/mol. The molecule has 0 saturated carbocycles. The van der Waals surface area contributed by atoms with Crippen molar-refractivity contribution < 1.29 is 18.0 Å². The zero-order chi connectivity index (χ0) is 21.3. The second-order valence-electron chi connectivity index (χ2n) is 7.04. The van der Waals surface area contributed by atoms with Crippen LogP contribution in [0.25, 0.3) is 11.3 Å². The van der Waals surface area contributed by atoms with Crippen LogP contribution >= 0.6 is 15.9 Å². The molecule has 0 unspecified atom stereocenters. The fraction of sp³-hybridized carbons (Fsp3) is 0.238. The number of nitrogens with one attached hydrogen (secondary N) is 1. The van der Waals surface area contributed by atoms with Crippen molar-refractivity contribution in [2.24, 2.45) is 12.2 Å². The number of hydrogen-bond acceptors (Lipinski definition) is 4. The van der Waals surface area contributed by atoms with Gasteiger partial charge in [-0.3, -0.25) is 0 Å². The smallest absolute Gasteiger partial charge is 0.386 e. The number of anilines is 1. The Kier molecular flexibility index (Phi) is 5.55. The van der Waals surface area contributed by atoms with E-state index in [9.17, 15) is 13.2 Å². The second-order valence-corrected chi connectivity index (χ2v) is 7.96. The maximum absolute atomic E-state index is 12.8. The first kappa shape index (κ1) is 20.5. The van der Waals surface area contributed by atoms with E-state index < -0.39 is 11.7 Å². The molecule has 3 aromatic rings. The Hall–Kier alpha value is -2.81. The lowest BCUT2D eigenvalue weighted by Gasteiger charge is -2.15. The molecule has 2 aromatic carbocycles. The Morgan fingerprint density at radius 2 is 1.97 bits per heavy atom. The molecule has 0 amide bonds. The van der Waals surface area contributed by atoms with E-state index in [0.29, 0.717) is 13.0 Å². The molecule has 0 aliphatic carbocycles. The first-order valence-electron chi connectivity index (χ1n) is 9.20. The first-order chi connectivity index (χ1) is 14.3. The lowest BCUT2D eigenvalue weighted by atomic mass is 10.0. The number of nitrogens with zero attached hydrogens (tertiary/aromatic N) is 3. The van der Waals surface area contributed by atoms with Gasteiger partial charge in [-0.25, -0.2) is 4.98 Å². The summed E-state index contributed by atoms with van der Waals surface area (Å²) < 4.78 is 40.9. The van der Waals surface area contributed by atoms with Crippen molar-refractivity contribution in [1.82, 2.24) is 9.55 Å². The van der Waals surface area contributed by atoms with Gasteiger partial charge in [0.2, 0.25) is 0 Å². The summed E-state index contributed by atoms with van der Waals surface area (Å²) >= 11 is 3.35. The summed E-state index contributed by atoms with van der Waals surface area (Å²) in [5.41, 5.74) is 3.55. The van der Waals surface area contributed by atoms with Gasteiger partial charge in [0.15, 0.2) is 6.10 Å².